The third kappa shape index (κ3) is 11.3. The summed E-state index contributed by atoms with van der Waals surface area (Å²) in [5.74, 6) is -2.83. The van der Waals surface area contributed by atoms with Crippen LogP contribution in [0.1, 0.15) is 78.2 Å². The van der Waals surface area contributed by atoms with Gasteiger partial charge in [0.2, 0.25) is 11.8 Å². The molecule has 1 spiro atoms. The number of likely N-dealkylation sites (N-methyl/N-ethyl adjacent to an activating group) is 1. The molecule has 3 N–H and O–H groups in total. The lowest BCUT2D eigenvalue weighted by atomic mass is 9.90. The number of fused-ring (bicyclic) bond motifs is 2. The van der Waals surface area contributed by atoms with Crippen LogP contribution in [0.5, 0.6) is 5.75 Å². The summed E-state index contributed by atoms with van der Waals surface area (Å²) < 4.78 is 25.1. The standard InChI is InChI=1S/C51H56N2O10/c1-50(2,3)62-45(56)25-24-40(32-54)52-47(57)41(27-34-14-6-5-7-15-34)53(4)48(58)39-28-43(46-44(29-39)61-51(63-46)30-37-19-8-9-20-38(37)31-51)60-49(59)36-22-13-17-33(26-36)16-12-21-35-18-10-11-23-42(35)55/h5-20,22-23,26,29,40-41,43-44,46,54-55H,21,24-25,27-28,30-32H2,1-4H3,(H,52,57)/t40-,41+,43+,44+,46-/m0/s1. The number of aliphatic hydroxyl groups is 1. The van der Waals surface area contributed by atoms with E-state index in [4.69, 9.17) is 18.9 Å². The summed E-state index contributed by atoms with van der Waals surface area (Å²) in [4.78, 5) is 56.7. The Morgan fingerprint density at radius 2 is 1.62 bits per heavy atom. The molecule has 0 aromatic heterocycles. The summed E-state index contributed by atoms with van der Waals surface area (Å²) in [5, 5.41) is 23.3. The van der Waals surface area contributed by atoms with Crippen LogP contribution in [0.25, 0.3) is 6.08 Å². The third-order valence-corrected chi connectivity index (χ3v) is 11.6. The number of esters is 2. The molecule has 0 radical (unpaired) electrons. The zero-order valence-electron chi connectivity index (χ0n) is 36.2. The van der Waals surface area contributed by atoms with Crippen LogP contribution in [-0.2, 0) is 59.0 Å². The Hall–Kier alpha value is -6.08. The van der Waals surface area contributed by atoms with Gasteiger partial charge in [0.15, 0.2) is 5.79 Å². The van der Waals surface area contributed by atoms with Gasteiger partial charge in [0, 0.05) is 44.7 Å². The molecule has 12 nitrogen and oxygen atoms in total. The number of allylic oxidation sites excluding steroid dienone is 1. The van der Waals surface area contributed by atoms with Crippen molar-refractivity contribution in [1.29, 1.82) is 0 Å². The first-order valence-corrected chi connectivity index (χ1v) is 21.5. The number of aliphatic hydroxyl groups excluding tert-OH is 1. The lowest BCUT2D eigenvalue weighted by molar-refractivity contribution is -0.172. The van der Waals surface area contributed by atoms with Crippen LogP contribution in [0.3, 0.4) is 0 Å². The quantitative estimate of drug-likeness (QED) is 0.113. The third-order valence-electron chi connectivity index (χ3n) is 11.6. The second kappa shape index (κ2) is 19.5. The molecule has 0 unspecified atom stereocenters. The summed E-state index contributed by atoms with van der Waals surface area (Å²) >= 11 is 0. The zero-order chi connectivity index (χ0) is 44.7. The number of nitrogens with one attached hydrogen (secondary N) is 1. The Balaban J connectivity index is 1.11. The van der Waals surface area contributed by atoms with E-state index >= 15 is 0 Å². The first-order chi connectivity index (χ1) is 30.2. The molecule has 63 heavy (non-hydrogen) atoms. The Morgan fingerprint density at radius 1 is 0.921 bits per heavy atom. The molecule has 330 valence electrons. The molecule has 4 aromatic rings. The maximum absolute atomic E-state index is 14.7. The van der Waals surface area contributed by atoms with Crippen molar-refractivity contribution in [2.45, 2.75) is 108 Å². The average molecular weight is 857 g/mol. The number of benzene rings is 4. The van der Waals surface area contributed by atoms with Gasteiger partial charge in [-0.3, -0.25) is 14.4 Å². The minimum Gasteiger partial charge on any atom is -0.508 e. The largest absolute Gasteiger partial charge is 0.508 e. The van der Waals surface area contributed by atoms with Crippen molar-refractivity contribution < 1.29 is 48.3 Å². The highest BCUT2D eigenvalue weighted by Gasteiger charge is 2.55. The van der Waals surface area contributed by atoms with Crippen molar-refractivity contribution in [3.8, 4) is 5.75 Å². The highest BCUT2D eigenvalue weighted by Crippen LogP contribution is 2.45. The minimum atomic E-state index is -1.02. The van der Waals surface area contributed by atoms with Gasteiger partial charge in [-0.25, -0.2) is 4.79 Å². The van der Waals surface area contributed by atoms with Crippen molar-refractivity contribution in [2.24, 2.45) is 0 Å². The Labute approximate surface area is 368 Å². The number of phenolic OH excluding ortho intramolecular Hbond substituents is 1. The molecule has 2 aliphatic carbocycles. The smallest absolute Gasteiger partial charge is 0.338 e. The molecule has 0 saturated carbocycles. The molecular formula is C51H56N2O10. The van der Waals surface area contributed by atoms with Crippen LogP contribution < -0.4 is 5.32 Å². The van der Waals surface area contributed by atoms with E-state index in [1.54, 1.807) is 64.2 Å². The monoisotopic (exact) mass is 856 g/mol. The summed E-state index contributed by atoms with van der Waals surface area (Å²) in [6, 6.07) is 29.7. The Bertz CT molecular complexity index is 2330. The Kier molecular flexibility index (Phi) is 13.9. The van der Waals surface area contributed by atoms with Gasteiger partial charge >= 0.3 is 11.9 Å². The maximum atomic E-state index is 14.7. The molecule has 5 atom stereocenters. The SMILES string of the molecule is CN(C(=O)C1=C[C@H]2OC3(Cc4ccccc4C3)O[C@H]2[C@H](OC(=O)c2cccc(C=CCc3ccccc3O)c2)C1)[C@H](Cc1ccccc1)C(=O)N[C@H](CO)CCC(=O)OC(C)(C)C. The first-order valence-electron chi connectivity index (χ1n) is 21.5. The van der Waals surface area contributed by atoms with Crippen LogP contribution in [0.15, 0.2) is 121 Å². The molecule has 7 rings (SSSR count). The van der Waals surface area contributed by atoms with Crippen LogP contribution in [0.2, 0.25) is 0 Å². The summed E-state index contributed by atoms with van der Waals surface area (Å²) in [6.07, 6.45) is 4.88. The van der Waals surface area contributed by atoms with Gasteiger partial charge in [-0.05, 0) is 85.7 Å². The van der Waals surface area contributed by atoms with E-state index in [0.717, 1.165) is 27.8 Å². The number of aromatic hydroxyl groups is 1. The first kappa shape index (κ1) is 45.0. The van der Waals surface area contributed by atoms with E-state index in [1.807, 2.05) is 84.9 Å². The molecule has 1 heterocycles. The molecule has 12 heteroatoms. The van der Waals surface area contributed by atoms with E-state index in [2.05, 4.69) is 5.32 Å². The number of carbonyl (C=O) groups is 4. The van der Waals surface area contributed by atoms with E-state index in [9.17, 15) is 29.4 Å². The molecule has 0 bridgehead atoms. The summed E-state index contributed by atoms with van der Waals surface area (Å²) in [7, 11) is 1.55. The van der Waals surface area contributed by atoms with Crippen LogP contribution in [0.4, 0.5) is 0 Å². The lowest BCUT2D eigenvalue weighted by Gasteiger charge is -2.34. The topological polar surface area (TPSA) is 161 Å². The summed E-state index contributed by atoms with van der Waals surface area (Å²) in [6.45, 7) is 4.88. The van der Waals surface area contributed by atoms with Gasteiger partial charge in [0.1, 0.15) is 35.7 Å². The van der Waals surface area contributed by atoms with E-state index in [0.29, 0.717) is 30.4 Å². The van der Waals surface area contributed by atoms with Crippen molar-refractivity contribution in [1.82, 2.24) is 10.2 Å². The average Bonchev–Trinajstić information content (AvgIpc) is 3.82. The summed E-state index contributed by atoms with van der Waals surface area (Å²) in [5.41, 5.74) is 4.46. The van der Waals surface area contributed by atoms with Crippen LogP contribution in [0, 0.1) is 0 Å². The van der Waals surface area contributed by atoms with Crippen molar-refractivity contribution in [2.75, 3.05) is 13.7 Å². The number of ether oxygens (including phenoxy) is 4. The van der Waals surface area contributed by atoms with Crippen molar-refractivity contribution in [3.63, 3.8) is 0 Å². The minimum absolute atomic E-state index is 0.00252. The Morgan fingerprint density at radius 3 is 2.32 bits per heavy atom. The molecular weight excluding hydrogens is 801 g/mol. The van der Waals surface area contributed by atoms with E-state index in [1.165, 1.54) is 4.90 Å². The second-order valence-electron chi connectivity index (χ2n) is 17.5. The van der Waals surface area contributed by atoms with Gasteiger partial charge < -0.3 is 39.4 Å². The number of phenols is 1. The second-order valence-corrected chi connectivity index (χ2v) is 17.5. The molecule has 4 aromatic carbocycles. The fraction of sp³-hybridized carbons (Fsp3) is 0.373. The van der Waals surface area contributed by atoms with Gasteiger partial charge in [0.25, 0.3) is 0 Å². The number of hydrogen-bond donors (Lipinski definition) is 3. The van der Waals surface area contributed by atoms with E-state index < -0.39 is 72.1 Å². The van der Waals surface area contributed by atoms with E-state index in [-0.39, 0.29) is 31.4 Å². The molecule has 1 fully saturated rings. The normalized spacial score (nSPS) is 19.7. The number of carbonyl (C=O) groups excluding carboxylic acids is 4. The van der Waals surface area contributed by atoms with Gasteiger partial charge in [0.05, 0.1) is 18.2 Å². The number of hydrogen-bond acceptors (Lipinski definition) is 10. The highest BCUT2D eigenvalue weighted by atomic mass is 16.8. The number of amides is 2. The number of rotatable bonds is 15. The molecule has 3 aliphatic rings. The van der Waals surface area contributed by atoms with Gasteiger partial charge in [-0.1, -0.05) is 97.1 Å². The van der Waals surface area contributed by atoms with Gasteiger partial charge in [-0.2, -0.15) is 0 Å². The predicted octanol–water partition coefficient (Wildman–Crippen LogP) is 6.45. The molecule has 1 aliphatic heterocycles. The fourth-order valence-corrected chi connectivity index (χ4v) is 8.43. The lowest BCUT2D eigenvalue weighted by Crippen LogP contribution is -2.53. The molecule has 2 amide bonds. The molecule has 1 saturated heterocycles. The fourth-order valence-electron chi connectivity index (χ4n) is 8.43. The van der Waals surface area contributed by atoms with Crippen molar-refractivity contribution >= 4 is 29.8 Å². The number of para-hydroxylation sites is 1. The van der Waals surface area contributed by atoms with Crippen molar-refractivity contribution in [3.05, 3.63) is 154 Å². The van der Waals surface area contributed by atoms with Crippen LogP contribution >= 0.6 is 0 Å². The van der Waals surface area contributed by atoms with Crippen LogP contribution in [-0.4, -0.2) is 94.3 Å². The zero-order valence-corrected chi connectivity index (χ0v) is 36.2. The maximum Gasteiger partial charge on any atom is 0.338 e. The predicted molar refractivity (Wildman–Crippen MR) is 236 cm³/mol. The number of nitrogens with zero attached hydrogens (tertiary/aromatic N) is 1. The van der Waals surface area contributed by atoms with Gasteiger partial charge in [-0.15, -0.1) is 0 Å². The highest BCUT2D eigenvalue weighted by molar-refractivity contribution is 5.97.